The minimum Gasteiger partial charge on any atom is -0.397 e. The van der Waals surface area contributed by atoms with Crippen molar-refractivity contribution in [1.82, 2.24) is 20.1 Å². The number of rotatable bonds is 4. The summed E-state index contributed by atoms with van der Waals surface area (Å²) in [7, 11) is 0. The number of carbonyl (C=O) groups excluding carboxylic acids is 1. The highest BCUT2D eigenvalue weighted by molar-refractivity contribution is 5.93. The first-order valence-corrected chi connectivity index (χ1v) is 5.84. The molecule has 0 spiro atoms. The first kappa shape index (κ1) is 12.2. The van der Waals surface area contributed by atoms with Gasteiger partial charge >= 0.3 is 0 Å². The van der Waals surface area contributed by atoms with Gasteiger partial charge in [0.2, 0.25) is 0 Å². The maximum absolute atomic E-state index is 12.0. The average molecular weight is 247 g/mol. The van der Waals surface area contributed by atoms with Crippen LogP contribution in [0, 0.1) is 6.92 Å². The van der Waals surface area contributed by atoms with Gasteiger partial charge in [0.25, 0.3) is 5.91 Å². The summed E-state index contributed by atoms with van der Waals surface area (Å²) in [4.78, 5) is 12.0. The first-order chi connectivity index (χ1) is 8.61. The Balaban J connectivity index is 2.06. The van der Waals surface area contributed by atoms with Crippen LogP contribution in [0.15, 0.2) is 18.5 Å². The third kappa shape index (κ3) is 2.37. The zero-order chi connectivity index (χ0) is 13.1. The van der Waals surface area contributed by atoms with E-state index in [1.807, 2.05) is 18.4 Å². The number of H-pyrrole nitrogens is 1. The van der Waals surface area contributed by atoms with Crippen LogP contribution in [0.25, 0.3) is 0 Å². The Morgan fingerprint density at radius 1 is 1.61 bits per heavy atom. The molecule has 2 aromatic heterocycles. The molecule has 0 aromatic carbocycles. The number of aromatic amines is 1. The third-order valence-corrected chi connectivity index (χ3v) is 2.86. The van der Waals surface area contributed by atoms with Gasteiger partial charge in [-0.25, -0.2) is 0 Å². The van der Waals surface area contributed by atoms with Gasteiger partial charge < -0.3 is 15.6 Å². The van der Waals surface area contributed by atoms with Gasteiger partial charge in [0.15, 0.2) is 0 Å². The van der Waals surface area contributed by atoms with Gasteiger partial charge in [-0.05, 0) is 19.9 Å². The van der Waals surface area contributed by atoms with Crippen LogP contribution < -0.4 is 11.1 Å². The number of nitrogen functional groups attached to an aromatic ring is 1. The number of nitrogens with zero attached hydrogens (tertiary/aromatic N) is 2. The van der Waals surface area contributed by atoms with Gasteiger partial charge in [-0.1, -0.05) is 0 Å². The van der Waals surface area contributed by atoms with Gasteiger partial charge in [0, 0.05) is 30.5 Å². The van der Waals surface area contributed by atoms with Crippen LogP contribution in [0.2, 0.25) is 0 Å². The molecule has 0 aliphatic carbocycles. The lowest BCUT2D eigenvalue weighted by Crippen LogP contribution is -2.25. The van der Waals surface area contributed by atoms with E-state index in [-0.39, 0.29) is 5.91 Å². The molecule has 6 heteroatoms. The van der Waals surface area contributed by atoms with E-state index in [1.54, 1.807) is 18.5 Å². The molecule has 0 atom stereocenters. The van der Waals surface area contributed by atoms with E-state index in [1.165, 1.54) is 0 Å². The molecule has 0 saturated carbocycles. The van der Waals surface area contributed by atoms with Crippen LogP contribution in [0.4, 0.5) is 5.69 Å². The molecule has 0 aliphatic heterocycles. The molecule has 0 aliphatic rings. The van der Waals surface area contributed by atoms with Crippen LogP contribution in [0.3, 0.4) is 0 Å². The fraction of sp³-hybridized carbons (Fsp3) is 0.333. The minimum absolute atomic E-state index is 0.130. The number of nitrogens with one attached hydrogen (secondary N) is 2. The van der Waals surface area contributed by atoms with Gasteiger partial charge in [-0.3, -0.25) is 9.89 Å². The lowest BCUT2D eigenvalue weighted by Gasteiger charge is -2.07. The Kier molecular flexibility index (Phi) is 3.36. The molecule has 1 amide bonds. The number of amides is 1. The predicted octanol–water partition coefficient (Wildman–Crippen LogP) is 1.05. The molecule has 0 fully saturated rings. The first-order valence-electron chi connectivity index (χ1n) is 5.84. The lowest BCUT2D eigenvalue weighted by atomic mass is 10.2. The number of nitrogens with two attached hydrogens (primary N) is 1. The van der Waals surface area contributed by atoms with Gasteiger partial charge in [-0.2, -0.15) is 5.10 Å². The summed E-state index contributed by atoms with van der Waals surface area (Å²) in [5.74, 6) is -0.130. The molecule has 0 bridgehead atoms. The van der Waals surface area contributed by atoms with Crippen molar-refractivity contribution in [3.63, 3.8) is 0 Å². The van der Waals surface area contributed by atoms with Crippen molar-refractivity contribution in [2.75, 3.05) is 5.73 Å². The van der Waals surface area contributed by atoms with E-state index < -0.39 is 0 Å². The second-order valence-electron chi connectivity index (χ2n) is 4.15. The molecule has 2 rings (SSSR count). The highest BCUT2D eigenvalue weighted by Crippen LogP contribution is 2.11. The van der Waals surface area contributed by atoms with Crippen molar-refractivity contribution in [3.8, 4) is 0 Å². The summed E-state index contributed by atoms with van der Waals surface area (Å²) in [6, 6.07) is 1.68. The second-order valence-corrected chi connectivity index (χ2v) is 4.15. The van der Waals surface area contributed by atoms with Crippen LogP contribution in [0.5, 0.6) is 0 Å². The summed E-state index contributed by atoms with van der Waals surface area (Å²) in [6.45, 7) is 5.05. The number of carbonyl (C=O) groups is 1. The maximum Gasteiger partial charge on any atom is 0.268 e. The van der Waals surface area contributed by atoms with Crippen molar-refractivity contribution in [3.05, 3.63) is 35.4 Å². The molecular formula is C12H17N5O. The molecule has 6 nitrogen and oxygen atoms in total. The number of aryl methyl sites for hydroxylation is 2. The Morgan fingerprint density at radius 3 is 3.00 bits per heavy atom. The quantitative estimate of drug-likeness (QED) is 0.754. The highest BCUT2D eigenvalue weighted by atomic mass is 16.1. The topological polar surface area (TPSA) is 88.7 Å². The van der Waals surface area contributed by atoms with E-state index in [0.717, 1.165) is 11.3 Å². The van der Waals surface area contributed by atoms with Crippen molar-refractivity contribution >= 4 is 11.6 Å². The van der Waals surface area contributed by atoms with Gasteiger partial charge in [0.1, 0.15) is 5.69 Å². The Bertz CT molecular complexity index is 555. The molecule has 0 saturated heterocycles. The molecule has 0 unspecified atom stereocenters. The molecular weight excluding hydrogens is 230 g/mol. The predicted molar refractivity (Wildman–Crippen MR) is 69.0 cm³/mol. The monoisotopic (exact) mass is 247 g/mol. The summed E-state index contributed by atoms with van der Waals surface area (Å²) in [5.41, 5.74) is 8.81. The highest BCUT2D eigenvalue weighted by Gasteiger charge is 2.12. The van der Waals surface area contributed by atoms with Crippen molar-refractivity contribution < 1.29 is 4.79 Å². The van der Waals surface area contributed by atoms with Gasteiger partial charge in [-0.15, -0.1) is 0 Å². The van der Waals surface area contributed by atoms with Crippen LogP contribution in [0.1, 0.15) is 28.7 Å². The SMILES string of the molecule is CCn1cc(N)cc1C(=O)NCc1cn[nH]c1C. The number of aromatic nitrogens is 3. The van der Waals surface area contributed by atoms with E-state index in [0.29, 0.717) is 24.5 Å². The molecule has 96 valence electrons. The summed E-state index contributed by atoms with van der Waals surface area (Å²) >= 11 is 0. The van der Waals surface area contributed by atoms with Crippen molar-refractivity contribution in [1.29, 1.82) is 0 Å². The van der Waals surface area contributed by atoms with Crippen molar-refractivity contribution in [2.24, 2.45) is 0 Å². The fourth-order valence-corrected chi connectivity index (χ4v) is 1.81. The zero-order valence-electron chi connectivity index (χ0n) is 10.5. The molecule has 18 heavy (non-hydrogen) atoms. The molecule has 2 aromatic rings. The van der Waals surface area contributed by atoms with Gasteiger partial charge in [0.05, 0.1) is 11.9 Å². The molecule has 2 heterocycles. The van der Waals surface area contributed by atoms with Crippen LogP contribution in [-0.4, -0.2) is 20.7 Å². The number of hydrogen-bond acceptors (Lipinski definition) is 3. The number of anilines is 1. The Morgan fingerprint density at radius 2 is 2.39 bits per heavy atom. The summed E-state index contributed by atoms with van der Waals surface area (Å²) in [6.07, 6.45) is 3.47. The normalized spacial score (nSPS) is 10.6. The molecule has 0 radical (unpaired) electrons. The average Bonchev–Trinajstić information content (AvgIpc) is 2.92. The largest absolute Gasteiger partial charge is 0.397 e. The fourth-order valence-electron chi connectivity index (χ4n) is 1.81. The number of hydrogen-bond donors (Lipinski definition) is 3. The summed E-state index contributed by atoms with van der Waals surface area (Å²) in [5, 5.41) is 9.60. The zero-order valence-corrected chi connectivity index (χ0v) is 10.5. The Hall–Kier alpha value is -2.24. The molecule has 4 N–H and O–H groups in total. The maximum atomic E-state index is 12.0. The van der Waals surface area contributed by atoms with E-state index in [2.05, 4.69) is 15.5 Å². The standard InChI is InChI=1S/C12H17N5O/c1-3-17-7-10(13)4-11(17)12(18)14-5-9-6-15-16-8(9)2/h4,6-7H,3,5,13H2,1-2H3,(H,14,18)(H,15,16). The van der Waals surface area contributed by atoms with Crippen molar-refractivity contribution in [2.45, 2.75) is 26.9 Å². The van der Waals surface area contributed by atoms with E-state index >= 15 is 0 Å². The third-order valence-electron chi connectivity index (χ3n) is 2.86. The van der Waals surface area contributed by atoms with Crippen LogP contribution >= 0.6 is 0 Å². The van der Waals surface area contributed by atoms with Crippen LogP contribution in [-0.2, 0) is 13.1 Å². The van der Waals surface area contributed by atoms with E-state index in [9.17, 15) is 4.79 Å². The van der Waals surface area contributed by atoms with E-state index in [4.69, 9.17) is 5.73 Å². The lowest BCUT2D eigenvalue weighted by molar-refractivity contribution is 0.0941. The summed E-state index contributed by atoms with van der Waals surface area (Å²) < 4.78 is 1.83. The minimum atomic E-state index is -0.130. The Labute approximate surface area is 105 Å². The smallest absolute Gasteiger partial charge is 0.268 e. The second kappa shape index (κ2) is 4.95.